The van der Waals surface area contributed by atoms with Gasteiger partial charge in [-0.05, 0) is 63.0 Å². The highest BCUT2D eigenvalue weighted by molar-refractivity contribution is 7.98. The van der Waals surface area contributed by atoms with Gasteiger partial charge in [-0.15, -0.1) is 21.6 Å². The third kappa shape index (κ3) is 9.65. The molecule has 300 valence electrons. The summed E-state index contributed by atoms with van der Waals surface area (Å²) in [5.74, 6) is 2.31. The Bertz CT molecular complexity index is 2470. The SMILES string of the molecule is CCN(CC)c1cc(Nc2nc(Nc3cc(N(CC)CC)c(OC)cc3N=Nc3snc4sc(S(=O)(=O)O)cc34)nc(SCc3ccccc3)n2)c(N)cc1OC. The Kier molecular flexibility index (Phi) is 13.3. The first-order chi connectivity index (χ1) is 27.5. The van der Waals surface area contributed by atoms with Crippen molar-refractivity contribution in [2.75, 3.05) is 66.6 Å². The van der Waals surface area contributed by atoms with Crippen molar-refractivity contribution in [3.05, 3.63) is 66.2 Å². The fourth-order valence-corrected chi connectivity index (χ4v) is 9.16. The molecule has 0 saturated heterocycles. The van der Waals surface area contributed by atoms with Crippen molar-refractivity contribution >= 4 is 106 Å². The summed E-state index contributed by atoms with van der Waals surface area (Å²) < 4.78 is 48.8. The van der Waals surface area contributed by atoms with Gasteiger partial charge in [0.2, 0.25) is 11.9 Å². The van der Waals surface area contributed by atoms with Crippen LogP contribution in [0.1, 0.15) is 33.3 Å². The number of aromatic nitrogens is 4. The molecule has 0 radical (unpaired) electrons. The van der Waals surface area contributed by atoms with E-state index in [1.165, 1.54) is 17.8 Å². The number of nitrogens with two attached hydrogens (primary N) is 1. The number of thiophene rings is 1. The maximum Gasteiger partial charge on any atom is 0.304 e. The second-order valence-electron chi connectivity index (χ2n) is 12.2. The molecule has 0 unspecified atom stereocenters. The van der Waals surface area contributed by atoms with Gasteiger partial charge in [0, 0.05) is 44.1 Å². The molecular weight excluding hydrogens is 807 g/mol. The molecule has 57 heavy (non-hydrogen) atoms. The number of rotatable bonds is 18. The first kappa shape index (κ1) is 41.4. The Labute approximate surface area is 343 Å². The third-order valence-electron chi connectivity index (χ3n) is 8.81. The van der Waals surface area contributed by atoms with E-state index in [-0.39, 0.29) is 16.1 Å². The molecule has 0 spiro atoms. The summed E-state index contributed by atoms with van der Waals surface area (Å²) in [6, 6.07) is 18.7. The van der Waals surface area contributed by atoms with Gasteiger partial charge in [0.15, 0.2) is 10.2 Å². The average molecular weight is 850 g/mol. The predicted molar refractivity (Wildman–Crippen MR) is 231 cm³/mol. The first-order valence-electron chi connectivity index (χ1n) is 17.9. The molecule has 6 aromatic rings. The largest absolute Gasteiger partial charge is 0.495 e. The summed E-state index contributed by atoms with van der Waals surface area (Å²) in [5, 5.41) is 17.0. The number of methoxy groups -OCH3 is 2. The highest BCUT2D eigenvalue weighted by atomic mass is 32.3. The lowest BCUT2D eigenvalue weighted by Crippen LogP contribution is -2.22. The molecule has 3 aromatic carbocycles. The van der Waals surface area contributed by atoms with Crippen LogP contribution >= 0.6 is 34.6 Å². The second kappa shape index (κ2) is 18.3. The van der Waals surface area contributed by atoms with Crippen LogP contribution in [-0.4, -0.2) is 72.7 Å². The summed E-state index contributed by atoms with van der Waals surface area (Å²) in [4.78, 5) is 19.1. The van der Waals surface area contributed by atoms with Gasteiger partial charge in [-0.1, -0.05) is 42.1 Å². The molecule has 0 aliphatic heterocycles. The third-order valence-corrected chi connectivity index (χ3v) is 12.9. The van der Waals surface area contributed by atoms with Crippen LogP contribution in [0.4, 0.5) is 51.0 Å². The van der Waals surface area contributed by atoms with Crippen LogP contribution in [0.5, 0.6) is 11.5 Å². The average Bonchev–Trinajstić information content (AvgIpc) is 3.81. The van der Waals surface area contributed by atoms with Crippen molar-refractivity contribution in [1.82, 2.24) is 19.3 Å². The van der Waals surface area contributed by atoms with E-state index in [4.69, 9.17) is 30.2 Å². The number of nitrogens with one attached hydrogen (secondary N) is 2. The van der Waals surface area contributed by atoms with Crippen molar-refractivity contribution in [2.24, 2.45) is 10.2 Å². The maximum absolute atomic E-state index is 11.8. The molecule has 0 aliphatic carbocycles. The number of thioether (sulfide) groups is 1. The standard InChI is InChI=1S/C37H43N11O5S4/c1-7-47(8-2)28-18-25(24(38)17-30(28)52-5)39-35-41-36(43-37(42-35)54-21-22-14-12-11-13-15-22)40-26-19-29(48(9-3)10-4)31(53-6)20-27(26)44-45-33-23-16-32(57(49,50)51)55-34(23)46-56-33/h11-20H,7-10,21,38H2,1-6H3,(H,49,50,51)(H2,39,40,41,42,43). The minimum atomic E-state index is -4.41. The van der Waals surface area contributed by atoms with Crippen LogP contribution in [0, 0.1) is 0 Å². The van der Waals surface area contributed by atoms with E-state index in [0.717, 1.165) is 52.9 Å². The normalized spacial score (nSPS) is 11.6. The van der Waals surface area contributed by atoms with Gasteiger partial charge in [-0.3, -0.25) is 4.55 Å². The Hall–Kier alpha value is -5.28. The Balaban J connectivity index is 1.44. The number of hydrogen-bond donors (Lipinski definition) is 4. The van der Waals surface area contributed by atoms with Crippen molar-refractivity contribution in [3.8, 4) is 11.5 Å². The maximum atomic E-state index is 11.8. The minimum Gasteiger partial charge on any atom is -0.495 e. The lowest BCUT2D eigenvalue weighted by molar-refractivity contribution is 0.414. The fourth-order valence-electron chi connectivity index (χ4n) is 5.89. The Morgan fingerprint density at radius 3 is 2.02 bits per heavy atom. The van der Waals surface area contributed by atoms with E-state index in [9.17, 15) is 13.0 Å². The number of benzene rings is 3. The van der Waals surface area contributed by atoms with E-state index in [1.54, 1.807) is 26.4 Å². The molecule has 0 saturated carbocycles. The summed E-state index contributed by atoms with van der Waals surface area (Å²) in [7, 11) is -1.21. The molecule has 20 heteroatoms. The predicted octanol–water partition coefficient (Wildman–Crippen LogP) is 9.28. The van der Waals surface area contributed by atoms with E-state index < -0.39 is 10.1 Å². The lowest BCUT2D eigenvalue weighted by atomic mass is 10.2. The van der Waals surface area contributed by atoms with E-state index in [2.05, 4.69) is 62.7 Å². The highest BCUT2D eigenvalue weighted by Crippen LogP contribution is 2.43. The van der Waals surface area contributed by atoms with Crippen molar-refractivity contribution in [2.45, 2.75) is 42.8 Å². The van der Waals surface area contributed by atoms with Gasteiger partial charge in [-0.25, -0.2) is 0 Å². The van der Waals surface area contributed by atoms with Gasteiger partial charge in [0.25, 0.3) is 0 Å². The van der Waals surface area contributed by atoms with Crippen LogP contribution in [0.25, 0.3) is 10.2 Å². The second-order valence-corrected chi connectivity index (χ2v) is 16.6. The van der Waals surface area contributed by atoms with Crippen LogP contribution in [-0.2, 0) is 15.9 Å². The molecule has 0 aliphatic rings. The smallest absolute Gasteiger partial charge is 0.304 e. The van der Waals surface area contributed by atoms with Crippen LogP contribution < -0.4 is 35.6 Å². The number of azo groups is 1. The zero-order valence-electron chi connectivity index (χ0n) is 32.2. The molecule has 0 bridgehead atoms. The summed E-state index contributed by atoms with van der Waals surface area (Å²) in [6.07, 6.45) is 0. The molecule has 0 amide bonds. The Morgan fingerprint density at radius 2 is 1.42 bits per heavy atom. The monoisotopic (exact) mass is 849 g/mol. The zero-order chi connectivity index (χ0) is 40.7. The van der Waals surface area contributed by atoms with Crippen LogP contribution in [0.15, 0.2) is 80.3 Å². The van der Waals surface area contributed by atoms with Crippen LogP contribution in [0.2, 0.25) is 0 Å². The van der Waals surface area contributed by atoms with Gasteiger partial charge < -0.3 is 35.6 Å². The number of ether oxygens (including phenoxy) is 2. The molecule has 3 heterocycles. The molecule has 6 rings (SSSR count). The van der Waals surface area contributed by atoms with Gasteiger partial charge >= 0.3 is 10.1 Å². The quantitative estimate of drug-likeness (QED) is 0.0275. The topological polar surface area (TPSA) is 206 Å². The number of fused-ring (bicyclic) bond motifs is 1. The lowest BCUT2D eigenvalue weighted by Gasteiger charge is -2.25. The summed E-state index contributed by atoms with van der Waals surface area (Å²) >= 11 is 3.36. The molecular formula is C37H43N11O5S4. The number of nitrogen functional groups attached to an aromatic ring is 1. The molecule has 5 N–H and O–H groups in total. The number of anilines is 7. The van der Waals surface area contributed by atoms with E-state index >= 15 is 0 Å². The van der Waals surface area contributed by atoms with Crippen molar-refractivity contribution < 1.29 is 22.4 Å². The molecule has 16 nitrogen and oxygen atoms in total. The zero-order valence-corrected chi connectivity index (χ0v) is 35.4. The summed E-state index contributed by atoms with van der Waals surface area (Å²) in [5.41, 5.74) is 11.3. The summed E-state index contributed by atoms with van der Waals surface area (Å²) in [6.45, 7) is 11.2. The number of hydrogen-bond acceptors (Lipinski definition) is 18. The molecule has 3 aromatic heterocycles. The van der Waals surface area contributed by atoms with Crippen molar-refractivity contribution in [3.63, 3.8) is 0 Å². The van der Waals surface area contributed by atoms with Crippen LogP contribution in [0.3, 0.4) is 0 Å². The van der Waals surface area contributed by atoms with Gasteiger partial charge in [-0.2, -0.15) is 27.7 Å². The fraction of sp³-hybridized carbons (Fsp3) is 0.297. The number of nitrogens with zero attached hydrogens (tertiary/aromatic N) is 8. The van der Waals surface area contributed by atoms with Gasteiger partial charge in [0.05, 0.1) is 48.0 Å². The molecule has 0 atom stereocenters. The minimum absolute atomic E-state index is 0.224. The molecule has 0 fully saturated rings. The Morgan fingerprint density at radius 1 is 0.825 bits per heavy atom. The highest BCUT2D eigenvalue weighted by Gasteiger charge is 2.21. The van der Waals surface area contributed by atoms with E-state index in [0.29, 0.717) is 73.5 Å². The van der Waals surface area contributed by atoms with Gasteiger partial charge in [0.1, 0.15) is 26.2 Å². The first-order valence-corrected chi connectivity index (χ1v) is 21.9. The van der Waals surface area contributed by atoms with Crippen molar-refractivity contribution in [1.29, 1.82) is 0 Å². The van der Waals surface area contributed by atoms with E-state index in [1.807, 2.05) is 42.5 Å².